The van der Waals surface area contributed by atoms with Gasteiger partial charge in [-0.1, -0.05) is 12.0 Å². The summed E-state index contributed by atoms with van der Waals surface area (Å²) in [6.07, 6.45) is 13.2. The van der Waals surface area contributed by atoms with Gasteiger partial charge in [-0.15, -0.1) is 6.42 Å². The maximum absolute atomic E-state index is 15.1. The number of fused-ring (bicyclic) bond motifs is 7. The van der Waals surface area contributed by atoms with Crippen LogP contribution in [-0.4, -0.2) is 80.8 Å². The van der Waals surface area contributed by atoms with Crippen LogP contribution in [0.1, 0.15) is 37.7 Å². The van der Waals surface area contributed by atoms with Gasteiger partial charge in [-0.25, -0.2) is 13.8 Å². The first-order valence-corrected chi connectivity index (χ1v) is 16.1. The molecule has 11 heteroatoms. The van der Waals surface area contributed by atoms with Crippen molar-refractivity contribution in [2.75, 3.05) is 43.4 Å². The third-order valence-corrected chi connectivity index (χ3v) is 10.7. The minimum Gasteiger partial charge on any atom is -0.461 e. The summed E-state index contributed by atoms with van der Waals surface area (Å²) in [5.74, 6) is 2.88. The van der Waals surface area contributed by atoms with E-state index in [9.17, 15) is 4.39 Å². The van der Waals surface area contributed by atoms with Crippen LogP contribution in [-0.2, 0) is 0 Å². The Bertz CT molecular complexity index is 2080. The number of halogens is 2. The van der Waals surface area contributed by atoms with E-state index in [0.717, 1.165) is 62.0 Å². The lowest BCUT2D eigenvalue weighted by Crippen LogP contribution is -2.52. The van der Waals surface area contributed by atoms with Gasteiger partial charge in [0.2, 0.25) is 0 Å². The minimum atomic E-state index is -0.851. The molecule has 4 saturated heterocycles. The molecule has 0 radical (unpaired) electrons. The molecule has 0 spiro atoms. The van der Waals surface area contributed by atoms with Crippen molar-refractivity contribution in [1.82, 2.24) is 29.6 Å². The molecule has 7 heterocycles. The zero-order valence-electron chi connectivity index (χ0n) is 25.3. The third-order valence-electron chi connectivity index (χ3n) is 10.7. The van der Waals surface area contributed by atoms with E-state index in [1.807, 2.05) is 22.7 Å². The highest BCUT2D eigenvalue weighted by molar-refractivity contribution is 6.07. The molecule has 0 amide bonds. The Morgan fingerprint density at radius 2 is 1.98 bits per heavy atom. The van der Waals surface area contributed by atoms with E-state index in [2.05, 4.69) is 21.0 Å². The van der Waals surface area contributed by atoms with Crippen LogP contribution in [0.2, 0.25) is 0 Å². The van der Waals surface area contributed by atoms with Gasteiger partial charge in [-0.05, 0) is 67.4 Å². The second-order valence-electron chi connectivity index (χ2n) is 13.3. The number of terminal acetylenes is 1. The Hall–Kier alpha value is -4.53. The maximum Gasteiger partial charge on any atom is 0.319 e. The minimum absolute atomic E-state index is 0.171. The van der Waals surface area contributed by atoms with Crippen LogP contribution in [0.5, 0.6) is 6.01 Å². The lowest BCUT2D eigenvalue weighted by Gasteiger charge is -2.37. The summed E-state index contributed by atoms with van der Waals surface area (Å²) < 4.78 is 38.1. The van der Waals surface area contributed by atoms with Crippen LogP contribution >= 0.6 is 0 Å². The standard InChI is InChI=1S/C35H34F2N8O/c1-2-25-28(37)7-4-20-12-22(38)13-26(30(20)25)27-14-29-31(44-11-9-40-32(27)44)33(45-23-5-6-24(45)17-39-16-23)42-34(41-29)46-19-35-8-3-10-43(35)18-21(36)15-35/h1,4,7,9,11-14,21,23-24,39H,3,5-6,8,10,15-19,38H2/t21-,23-,24+,35+/m1/s1. The fourth-order valence-electron chi connectivity index (χ4n) is 8.69. The molecule has 46 heavy (non-hydrogen) atoms. The normalized spacial score (nSPS) is 25.9. The molecular formula is C35H34F2N8O. The van der Waals surface area contributed by atoms with E-state index in [1.165, 1.54) is 6.07 Å². The van der Waals surface area contributed by atoms with Crippen LogP contribution in [0.4, 0.5) is 20.3 Å². The van der Waals surface area contributed by atoms with Crippen molar-refractivity contribution >= 4 is 39.0 Å². The molecule has 234 valence electrons. The molecule has 3 N–H and O–H groups in total. The maximum atomic E-state index is 15.1. The second kappa shape index (κ2) is 10.2. The van der Waals surface area contributed by atoms with E-state index in [4.69, 9.17) is 31.8 Å². The molecule has 9 nitrogen and oxygen atoms in total. The highest BCUT2D eigenvalue weighted by Crippen LogP contribution is 2.43. The molecule has 4 aliphatic rings. The molecule has 0 saturated carbocycles. The summed E-state index contributed by atoms with van der Waals surface area (Å²) in [4.78, 5) is 19.5. The molecule has 0 aliphatic carbocycles. The Morgan fingerprint density at radius 1 is 1.13 bits per heavy atom. The number of piperazine rings is 1. The van der Waals surface area contributed by atoms with Crippen molar-refractivity contribution < 1.29 is 13.5 Å². The SMILES string of the molecule is C#Cc1c(F)ccc2cc(N)cc(-c3cc4nc(OC[C@@]56CCCN5C[C@H](F)C6)nc(N5[C@@H]6CC[C@H]5CNC6)c4n4ccnc34)c12. The number of benzene rings is 2. The van der Waals surface area contributed by atoms with Crippen molar-refractivity contribution in [3.63, 3.8) is 0 Å². The number of aromatic nitrogens is 4. The Morgan fingerprint density at radius 3 is 2.80 bits per heavy atom. The monoisotopic (exact) mass is 620 g/mol. The molecule has 2 aromatic carbocycles. The van der Waals surface area contributed by atoms with Gasteiger partial charge in [0.15, 0.2) is 5.82 Å². The first-order valence-electron chi connectivity index (χ1n) is 16.1. The third kappa shape index (κ3) is 4.09. The lowest BCUT2D eigenvalue weighted by atomic mass is 9.94. The molecule has 2 bridgehead atoms. The van der Waals surface area contributed by atoms with Gasteiger partial charge in [0, 0.05) is 67.2 Å². The zero-order chi connectivity index (χ0) is 31.2. The lowest BCUT2D eigenvalue weighted by molar-refractivity contribution is 0.107. The van der Waals surface area contributed by atoms with E-state index >= 15 is 4.39 Å². The van der Waals surface area contributed by atoms with Crippen LogP contribution in [0, 0.1) is 18.2 Å². The van der Waals surface area contributed by atoms with Crippen LogP contribution < -0.4 is 20.7 Å². The number of ether oxygens (including phenoxy) is 1. The van der Waals surface area contributed by atoms with E-state index in [0.29, 0.717) is 52.9 Å². The van der Waals surface area contributed by atoms with Gasteiger partial charge in [0.25, 0.3) is 0 Å². The first kappa shape index (κ1) is 27.8. The van der Waals surface area contributed by atoms with Gasteiger partial charge in [0.1, 0.15) is 29.8 Å². The van der Waals surface area contributed by atoms with Crippen molar-refractivity contribution in [2.24, 2.45) is 0 Å². The summed E-state index contributed by atoms with van der Waals surface area (Å²) in [6, 6.07) is 9.48. The number of nitrogen functional groups attached to an aromatic ring is 1. The van der Waals surface area contributed by atoms with E-state index < -0.39 is 12.0 Å². The molecule has 9 rings (SSSR count). The smallest absolute Gasteiger partial charge is 0.319 e. The summed E-state index contributed by atoms with van der Waals surface area (Å²) in [7, 11) is 0. The van der Waals surface area contributed by atoms with Crippen molar-refractivity contribution in [2.45, 2.75) is 55.9 Å². The van der Waals surface area contributed by atoms with Gasteiger partial charge < -0.3 is 20.7 Å². The van der Waals surface area contributed by atoms with Crippen molar-refractivity contribution in [3.8, 4) is 29.5 Å². The van der Waals surface area contributed by atoms with Gasteiger partial charge in [-0.3, -0.25) is 9.30 Å². The largest absolute Gasteiger partial charge is 0.461 e. The molecule has 4 atom stereocenters. The number of nitrogens with two attached hydrogens (primary N) is 1. The van der Waals surface area contributed by atoms with Crippen LogP contribution in [0.15, 0.2) is 42.7 Å². The zero-order valence-corrected chi connectivity index (χ0v) is 25.3. The predicted molar refractivity (Wildman–Crippen MR) is 174 cm³/mol. The number of alkyl halides is 1. The molecule has 4 fully saturated rings. The van der Waals surface area contributed by atoms with E-state index in [1.54, 1.807) is 18.3 Å². The highest BCUT2D eigenvalue weighted by Gasteiger charge is 2.49. The molecule has 4 aliphatic heterocycles. The average molecular weight is 621 g/mol. The topological polar surface area (TPSA) is 96.8 Å². The molecule has 0 unspecified atom stereocenters. The first-order chi connectivity index (χ1) is 22.4. The summed E-state index contributed by atoms with van der Waals surface area (Å²) in [5, 5.41) is 4.90. The van der Waals surface area contributed by atoms with Gasteiger partial charge in [0.05, 0.1) is 16.6 Å². The number of hydrogen-bond acceptors (Lipinski definition) is 8. The number of anilines is 2. The number of imidazole rings is 1. The number of rotatable bonds is 5. The van der Waals surface area contributed by atoms with Gasteiger partial charge in [-0.2, -0.15) is 9.97 Å². The van der Waals surface area contributed by atoms with Crippen molar-refractivity contribution in [1.29, 1.82) is 0 Å². The molecular weight excluding hydrogens is 586 g/mol. The Balaban J connectivity index is 1.27. The Labute approximate surface area is 264 Å². The summed E-state index contributed by atoms with van der Waals surface area (Å²) in [6.45, 7) is 3.41. The number of nitrogens with zero attached hydrogens (tertiary/aromatic N) is 6. The second-order valence-corrected chi connectivity index (χ2v) is 13.3. The molecule has 3 aromatic heterocycles. The van der Waals surface area contributed by atoms with E-state index in [-0.39, 0.29) is 29.2 Å². The summed E-state index contributed by atoms with van der Waals surface area (Å²) in [5.41, 5.74) is 10.3. The molecule has 5 aromatic rings. The average Bonchev–Trinajstić information content (AvgIpc) is 3.80. The number of nitrogens with one attached hydrogen (secondary N) is 1. The number of pyridine rings is 1. The van der Waals surface area contributed by atoms with Crippen LogP contribution in [0.25, 0.3) is 38.6 Å². The number of hydrogen-bond donors (Lipinski definition) is 2. The van der Waals surface area contributed by atoms with Crippen molar-refractivity contribution in [3.05, 3.63) is 54.1 Å². The summed E-state index contributed by atoms with van der Waals surface area (Å²) >= 11 is 0. The predicted octanol–water partition coefficient (Wildman–Crippen LogP) is 4.70. The Kier molecular flexibility index (Phi) is 6.18. The van der Waals surface area contributed by atoms with Gasteiger partial charge >= 0.3 is 6.01 Å². The quantitative estimate of drug-likeness (QED) is 0.216. The fourth-order valence-corrected chi connectivity index (χ4v) is 8.69. The highest BCUT2D eigenvalue weighted by atomic mass is 19.1. The van der Waals surface area contributed by atoms with Crippen LogP contribution in [0.3, 0.4) is 0 Å². The fraction of sp³-hybridized carbons (Fsp3) is 0.400.